The van der Waals surface area contributed by atoms with Crippen LogP contribution in [0.4, 0.5) is 5.69 Å². The van der Waals surface area contributed by atoms with Crippen LogP contribution in [0.25, 0.3) is 11.1 Å². The van der Waals surface area contributed by atoms with Gasteiger partial charge >= 0.3 is 0 Å². The van der Waals surface area contributed by atoms with E-state index in [-0.39, 0.29) is 0 Å². The smallest absolute Gasteiger partial charge is 0.105 e. The quantitative estimate of drug-likeness (QED) is 0.903. The maximum Gasteiger partial charge on any atom is 0.105 e. The van der Waals surface area contributed by atoms with Crippen LogP contribution in [0.5, 0.6) is 0 Å². The van der Waals surface area contributed by atoms with E-state index in [1.165, 1.54) is 11.3 Å². The second-order valence-corrected chi connectivity index (χ2v) is 4.93. The van der Waals surface area contributed by atoms with Gasteiger partial charge in [0.2, 0.25) is 0 Å². The van der Waals surface area contributed by atoms with Gasteiger partial charge in [0, 0.05) is 18.8 Å². The number of benzene rings is 2. The minimum Gasteiger partial charge on any atom is -0.384 e. The van der Waals surface area contributed by atoms with Gasteiger partial charge in [-0.1, -0.05) is 30.3 Å². The summed E-state index contributed by atoms with van der Waals surface area (Å²) in [5, 5.41) is 10.5. The minimum atomic E-state index is -0.485. The summed E-state index contributed by atoms with van der Waals surface area (Å²) in [6.45, 7) is 6.28. The first kappa shape index (κ1) is 12.2. The van der Waals surface area contributed by atoms with Gasteiger partial charge in [-0.3, -0.25) is 0 Å². The molecule has 0 radical (unpaired) electrons. The van der Waals surface area contributed by atoms with Gasteiger partial charge in [0.1, 0.15) is 6.10 Å². The summed E-state index contributed by atoms with van der Waals surface area (Å²) in [7, 11) is 0. The molecule has 0 bridgehead atoms. The number of hydrogen-bond donors (Lipinski definition) is 1. The molecule has 0 aliphatic heterocycles. The molecule has 1 atom stereocenters. The molecule has 1 aliphatic carbocycles. The molecule has 98 valence electrons. The summed E-state index contributed by atoms with van der Waals surface area (Å²) in [6, 6.07) is 14.5. The lowest BCUT2D eigenvalue weighted by atomic mass is 10.1. The van der Waals surface area contributed by atoms with Crippen LogP contribution < -0.4 is 4.90 Å². The van der Waals surface area contributed by atoms with Crippen molar-refractivity contribution in [3.63, 3.8) is 0 Å². The highest BCUT2D eigenvalue weighted by Crippen LogP contribution is 2.44. The van der Waals surface area contributed by atoms with Crippen molar-refractivity contribution in [2.45, 2.75) is 20.0 Å². The van der Waals surface area contributed by atoms with Gasteiger partial charge in [-0.15, -0.1) is 0 Å². The van der Waals surface area contributed by atoms with E-state index in [0.717, 1.165) is 29.8 Å². The number of hydrogen-bond acceptors (Lipinski definition) is 2. The van der Waals surface area contributed by atoms with Crippen LogP contribution in [0, 0.1) is 0 Å². The van der Waals surface area contributed by atoms with Crippen molar-refractivity contribution in [1.82, 2.24) is 0 Å². The molecule has 2 aromatic rings. The summed E-state index contributed by atoms with van der Waals surface area (Å²) in [6.07, 6.45) is -0.485. The summed E-state index contributed by atoms with van der Waals surface area (Å²) in [5.41, 5.74) is 5.57. The molecule has 19 heavy (non-hydrogen) atoms. The van der Waals surface area contributed by atoms with E-state index < -0.39 is 6.10 Å². The molecule has 1 aliphatic rings. The molecule has 0 spiro atoms. The van der Waals surface area contributed by atoms with Crippen molar-refractivity contribution < 1.29 is 5.11 Å². The monoisotopic (exact) mass is 253 g/mol. The molecular formula is C17H19NO. The molecule has 2 nitrogen and oxygen atoms in total. The van der Waals surface area contributed by atoms with Crippen LogP contribution in [-0.2, 0) is 0 Å². The average Bonchev–Trinajstić information content (AvgIpc) is 2.74. The Balaban J connectivity index is 2.10. The van der Waals surface area contributed by atoms with Gasteiger partial charge in [-0.05, 0) is 48.2 Å². The van der Waals surface area contributed by atoms with Crippen LogP contribution in [0.1, 0.15) is 31.1 Å². The van der Waals surface area contributed by atoms with Crippen molar-refractivity contribution in [1.29, 1.82) is 0 Å². The number of anilines is 1. The summed E-state index contributed by atoms with van der Waals surface area (Å²) in [5.74, 6) is 0. The highest BCUT2D eigenvalue weighted by molar-refractivity contribution is 5.80. The maximum absolute atomic E-state index is 10.5. The predicted molar refractivity (Wildman–Crippen MR) is 79.5 cm³/mol. The molecule has 0 unspecified atom stereocenters. The third-order valence-corrected chi connectivity index (χ3v) is 4.00. The van der Waals surface area contributed by atoms with Gasteiger partial charge in [0.15, 0.2) is 0 Å². The van der Waals surface area contributed by atoms with Crippen molar-refractivity contribution in [2.24, 2.45) is 0 Å². The largest absolute Gasteiger partial charge is 0.384 e. The third kappa shape index (κ3) is 1.83. The van der Waals surface area contributed by atoms with Gasteiger partial charge < -0.3 is 10.0 Å². The average molecular weight is 253 g/mol. The highest BCUT2D eigenvalue weighted by atomic mass is 16.3. The fraction of sp³-hybridized carbons (Fsp3) is 0.294. The van der Waals surface area contributed by atoms with Crippen LogP contribution in [0.15, 0.2) is 42.5 Å². The summed E-state index contributed by atoms with van der Waals surface area (Å²) < 4.78 is 0. The predicted octanol–water partition coefficient (Wildman–Crippen LogP) is 3.59. The minimum absolute atomic E-state index is 0.485. The van der Waals surface area contributed by atoms with Gasteiger partial charge in [0.05, 0.1) is 0 Å². The first-order chi connectivity index (χ1) is 9.26. The molecular weight excluding hydrogens is 234 g/mol. The molecule has 2 heteroatoms. The molecule has 0 saturated heterocycles. The third-order valence-electron chi connectivity index (χ3n) is 4.00. The molecule has 0 amide bonds. The van der Waals surface area contributed by atoms with Crippen LogP contribution >= 0.6 is 0 Å². The van der Waals surface area contributed by atoms with E-state index in [9.17, 15) is 5.11 Å². The maximum atomic E-state index is 10.5. The zero-order valence-electron chi connectivity index (χ0n) is 11.4. The van der Waals surface area contributed by atoms with E-state index in [1.807, 2.05) is 18.2 Å². The number of rotatable bonds is 3. The zero-order chi connectivity index (χ0) is 13.4. The number of fused-ring (bicyclic) bond motifs is 3. The Morgan fingerprint density at radius 2 is 1.63 bits per heavy atom. The Morgan fingerprint density at radius 3 is 2.37 bits per heavy atom. The molecule has 1 N–H and O–H groups in total. The van der Waals surface area contributed by atoms with Crippen LogP contribution in [0.3, 0.4) is 0 Å². The van der Waals surface area contributed by atoms with Gasteiger partial charge in [-0.25, -0.2) is 0 Å². The second kappa shape index (κ2) is 4.71. The fourth-order valence-electron chi connectivity index (χ4n) is 2.96. The summed E-state index contributed by atoms with van der Waals surface area (Å²) in [4.78, 5) is 2.30. The van der Waals surface area contributed by atoms with E-state index >= 15 is 0 Å². The Morgan fingerprint density at radius 1 is 0.947 bits per heavy atom. The van der Waals surface area contributed by atoms with Crippen LogP contribution in [0.2, 0.25) is 0 Å². The molecule has 3 rings (SSSR count). The molecule has 0 saturated carbocycles. The summed E-state index contributed by atoms with van der Waals surface area (Å²) >= 11 is 0. The van der Waals surface area contributed by atoms with Gasteiger partial charge in [0.25, 0.3) is 0 Å². The van der Waals surface area contributed by atoms with Crippen molar-refractivity contribution >= 4 is 5.69 Å². The SMILES string of the molecule is CCN(CC)c1ccc2c(c1)[C@H](O)c1ccccc1-2. The van der Waals surface area contributed by atoms with E-state index in [1.54, 1.807) is 0 Å². The Kier molecular flexibility index (Phi) is 3.03. The molecule has 2 aromatic carbocycles. The molecule has 0 fully saturated rings. The second-order valence-electron chi connectivity index (χ2n) is 4.93. The van der Waals surface area contributed by atoms with Crippen molar-refractivity contribution in [3.05, 3.63) is 53.6 Å². The van der Waals surface area contributed by atoms with Crippen LogP contribution in [-0.4, -0.2) is 18.2 Å². The lowest BCUT2D eigenvalue weighted by Crippen LogP contribution is -2.21. The number of aliphatic hydroxyl groups is 1. The van der Waals surface area contributed by atoms with E-state index in [0.29, 0.717) is 0 Å². The first-order valence-electron chi connectivity index (χ1n) is 6.92. The number of nitrogens with zero attached hydrogens (tertiary/aromatic N) is 1. The van der Waals surface area contributed by atoms with Gasteiger partial charge in [-0.2, -0.15) is 0 Å². The Bertz CT molecular complexity index is 602. The standard InChI is InChI=1S/C17H19NO/c1-3-18(4-2)12-9-10-14-13-7-5-6-8-15(13)17(19)16(14)11-12/h5-11,17,19H,3-4H2,1-2H3/t17-/m1/s1. The normalized spacial score (nSPS) is 16.1. The lowest BCUT2D eigenvalue weighted by Gasteiger charge is -2.22. The zero-order valence-corrected chi connectivity index (χ0v) is 11.4. The van der Waals surface area contributed by atoms with Crippen molar-refractivity contribution in [3.8, 4) is 11.1 Å². The highest BCUT2D eigenvalue weighted by Gasteiger charge is 2.26. The Hall–Kier alpha value is -1.80. The van der Waals surface area contributed by atoms with E-state index in [2.05, 4.69) is 43.0 Å². The molecule has 0 heterocycles. The fourth-order valence-corrected chi connectivity index (χ4v) is 2.96. The first-order valence-corrected chi connectivity index (χ1v) is 6.92. The molecule has 0 aromatic heterocycles. The van der Waals surface area contributed by atoms with E-state index in [4.69, 9.17) is 0 Å². The van der Waals surface area contributed by atoms with Crippen molar-refractivity contribution in [2.75, 3.05) is 18.0 Å². The Labute approximate surface area is 114 Å². The number of aliphatic hydroxyl groups excluding tert-OH is 1. The lowest BCUT2D eigenvalue weighted by molar-refractivity contribution is 0.225. The topological polar surface area (TPSA) is 23.5 Å².